The quantitative estimate of drug-likeness (QED) is 0.688. The number of carbonyl (C=O) groups is 1. The molecule has 0 aliphatic heterocycles. The summed E-state index contributed by atoms with van der Waals surface area (Å²) in [5, 5.41) is 0.991. The van der Waals surface area contributed by atoms with Crippen molar-refractivity contribution in [3.63, 3.8) is 0 Å². The molecule has 3 heteroatoms. The monoisotopic (exact) mass is 301 g/mol. The van der Waals surface area contributed by atoms with Crippen molar-refractivity contribution in [2.45, 2.75) is 45.4 Å². The average molecular weight is 302 g/mol. The Balaban J connectivity index is 1.79. The lowest BCUT2D eigenvalue weighted by molar-refractivity contribution is -0.132. The number of alkyl halides is 1. The molecule has 2 saturated carbocycles. The van der Waals surface area contributed by atoms with Gasteiger partial charge in [0.2, 0.25) is 5.91 Å². The lowest BCUT2D eigenvalue weighted by atomic mass is 9.86. The van der Waals surface area contributed by atoms with Crippen LogP contribution >= 0.6 is 15.9 Å². The SMILES string of the molecule is CCN(CCCBr)C(=O)CC1CC2CCC1C2. The minimum absolute atomic E-state index is 0.394. The number of halogens is 1. The van der Waals surface area contributed by atoms with E-state index in [0.29, 0.717) is 11.8 Å². The van der Waals surface area contributed by atoms with E-state index in [1.54, 1.807) is 0 Å². The number of hydrogen-bond acceptors (Lipinski definition) is 1. The second-order valence-corrected chi connectivity index (χ2v) is 6.45. The molecule has 1 amide bonds. The zero-order chi connectivity index (χ0) is 12.3. The van der Waals surface area contributed by atoms with E-state index in [0.717, 1.165) is 43.1 Å². The van der Waals surface area contributed by atoms with Crippen LogP contribution in [-0.4, -0.2) is 29.2 Å². The molecule has 0 heterocycles. The van der Waals surface area contributed by atoms with Gasteiger partial charge in [-0.25, -0.2) is 0 Å². The van der Waals surface area contributed by atoms with Crippen molar-refractivity contribution in [1.82, 2.24) is 4.90 Å². The van der Waals surface area contributed by atoms with Crippen LogP contribution in [0.5, 0.6) is 0 Å². The van der Waals surface area contributed by atoms with E-state index < -0.39 is 0 Å². The summed E-state index contributed by atoms with van der Waals surface area (Å²) in [6, 6.07) is 0. The van der Waals surface area contributed by atoms with Gasteiger partial charge in [-0.1, -0.05) is 22.4 Å². The maximum atomic E-state index is 12.2. The Kier molecular flexibility index (Phi) is 4.89. The number of fused-ring (bicyclic) bond motifs is 2. The first kappa shape index (κ1) is 13.4. The van der Waals surface area contributed by atoms with Gasteiger partial charge in [0.1, 0.15) is 0 Å². The summed E-state index contributed by atoms with van der Waals surface area (Å²) in [7, 11) is 0. The van der Waals surface area contributed by atoms with Gasteiger partial charge in [-0.05, 0) is 50.4 Å². The molecule has 2 nitrogen and oxygen atoms in total. The number of rotatable bonds is 6. The molecule has 2 aliphatic rings. The van der Waals surface area contributed by atoms with Crippen LogP contribution in [0.4, 0.5) is 0 Å². The van der Waals surface area contributed by atoms with Crippen molar-refractivity contribution in [3.05, 3.63) is 0 Å². The molecule has 0 spiro atoms. The molecule has 0 radical (unpaired) electrons. The molecule has 0 N–H and O–H groups in total. The van der Waals surface area contributed by atoms with Gasteiger partial charge in [-0.2, -0.15) is 0 Å². The molecule has 3 unspecified atom stereocenters. The van der Waals surface area contributed by atoms with Gasteiger partial charge in [0.15, 0.2) is 0 Å². The van der Waals surface area contributed by atoms with Gasteiger partial charge in [-0.15, -0.1) is 0 Å². The molecular weight excluding hydrogens is 278 g/mol. The molecule has 98 valence electrons. The summed E-state index contributed by atoms with van der Waals surface area (Å²) < 4.78 is 0. The van der Waals surface area contributed by atoms with E-state index in [2.05, 4.69) is 22.9 Å². The minimum atomic E-state index is 0.394. The van der Waals surface area contributed by atoms with Crippen molar-refractivity contribution < 1.29 is 4.79 Å². The Bertz CT molecular complexity index is 269. The van der Waals surface area contributed by atoms with Gasteiger partial charge in [0, 0.05) is 24.8 Å². The smallest absolute Gasteiger partial charge is 0.222 e. The Labute approximate surface area is 113 Å². The first-order valence-electron chi connectivity index (χ1n) is 7.08. The third kappa shape index (κ3) is 3.24. The summed E-state index contributed by atoms with van der Waals surface area (Å²) in [6.45, 7) is 3.88. The highest BCUT2D eigenvalue weighted by molar-refractivity contribution is 9.09. The van der Waals surface area contributed by atoms with Gasteiger partial charge in [-0.3, -0.25) is 4.79 Å². The first-order valence-corrected chi connectivity index (χ1v) is 8.20. The fourth-order valence-electron chi connectivity index (χ4n) is 3.69. The number of carbonyl (C=O) groups excluding carboxylic acids is 1. The maximum Gasteiger partial charge on any atom is 0.222 e. The number of amides is 1. The van der Waals surface area contributed by atoms with Crippen LogP contribution in [0, 0.1) is 17.8 Å². The zero-order valence-corrected chi connectivity index (χ0v) is 12.4. The molecule has 17 heavy (non-hydrogen) atoms. The predicted molar refractivity (Wildman–Crippen MR) is 74.2 cm³/mol. The molecule has 0 aromatic carbocycles. The second-order valence-electron chi connectivity index (χ2n) is 5.66. The van der Waals surface area contributed by atoms with E-state index >= 15 is 0 Å². The van der Waals surface area contributed by atoms with E-state index in [-0.39, 0.29) is 0 Å². The summed E-state index contributed by atoms with van der Waals surface area (Å²) in [5.74, 6) is 2.93. The molecule has 0 aromatic heterocycles. The molecule has 2 bridgehead atoms. The van der Waals surface area contributed by atoms with Crippen LogP contribution in [0.25, 0.3) is 0 Å². The second kappa shape index (κ2) is 6.21. The van der Waals surface area contributed by atoms with Crippen molar-refractivity contribution >= 4 is 21.8 Å². The fraction of sp³-hybridized carbons (Fsp3) is 0.929. The standard InChI is InChI=1S/C14H24BrNO/c1-2-16(7-3-6-15)14(17)10-13-9-11-4-5-12(13)8-11/h11-13H,2-10H2,1H3. The molecular formula is C14H24BrNO. The minimum Gasteiger partial charge on any atom is -0.343 e. The van der Waals surface area contributed by atoms with Crippen molar-refractivity contribution in [2.75, 3.05) is 18.4 Å². The van der Waals surface area contributed by atoms with E-state index in [1.807, 2.05) is 4.90 Å². The average Bonchev–Trinajstić information content (AvgIpc) is 2.92. The fourth-order valence-corrected chi connectivity index (χ4v) is 3.94. The summed E-state index contributed by atoms with van der Waals surface area (Å²) in [6.07, 6.45) is 7.43. The molecule has 0 saturated heterocycles. The van der Waals surface area contributed by atoms with Gasteiger partial charge in [0.05, 0.1) is 0 Å². The summed E-state index contributed by atoms with van der Waals surface area (Å²) in [5.41, 5.74) is 0. The van der Waals surface area contributed by atoms with Crippen LogP contribution in [0.2, 0.25) is 0 Å². The van der Waals surface area contributed by atoms with Crippen LogP contribution < -0.4 is 0 Å². The molecule has 2 rings (SSSR count). The lowest BCUT2D eigenvalue weighted by Gasteiger charge is -2.26. The highest BCUT2D eigenvalue weighted by Crippen LogP contribution is 2.49. The molecule has 2 aliphatic carbocycles. The molecule has 0 aromatic rings. The highest BCUT2D eigenvalue weighted by atomic mass is 79.9. The summed E-state index contributed by atoms with van der Waals surface area (Å²) in [4.78, 5) is 14.3. The van der Waals surface area contributed by atoms with Gasteiger partial charge < -0.3 is 4.90 Å². The summed E-state index contributed by atoms with van der Waals surface area (Å²) >= 11 is 3.43. The number of nitrogens with zero attached hydrogens (tertiary/aromatic N) is 1. The third-order valence-electron chi connectivity index (χ3n) is 4.62. The lowest BCUT2D eigenvalue weighted by Crippen LogP contribution is -2.34. The topological polar surface area (TPSA) is 20.3 Å². The van der Waals surface area contributed by atoms with E-state index in [9.17, 15) is 4.79 Å². The van der Waals surface area contributed by atoms with Crippen molar-refractivity contribution in [1.29, 1.82) is 0 Å². The zero-order valence-electron chi connectivity index (χ0n) is 10.8. The normalized spacial score (nSPS) is 30.8. The van der Waals surface area contributed by atoms with Gasteiger partial charge >= 0.3 is 0 Å². The maximum absolute atomic E-state index is 12.2. The van der Waals surface area contributed by atoms with E-state index in [1.165, 1.54) is 25.7 Å². The molecule has 3 atom stereocenters. The Hall–Kier alpha value is -0.0500. The third-order valence-corrected chi connectivity index (χ3v) is 5.18. The first-order chi connectivity index (χ1) is 8.24. The Morgan fingerprint density at radius 1 is 1.35 bits per heavy atom. The van der Waals surface area contributed by atoms with Crippen LogP contribution in [-0.2, 0) is 4.79 Å². The predicted octanol–water partition coefficient (Wildman–Crippen LogP) is 3.45. The Morgan fingerprint density at radius 3 is 2.71 bits per heavy atom. The number of hydrogen-bond donors (Lipinski definition) is 0. The Morgan fingerprint density at radius 2 is 2.18 bits per heavy atom. The highest BCUT2D eigenvalue weighted by Gasteiger charge is 2.40. The van der Waals surface area contributed by atoms with Crippen LogP contribution in [0.15, 0.2) is 0 Å². The van der Waals surface area contributed by atoms with Crippen molar-refractivity contribution in [3.8, 4) is 0 Å². The van der Waals surface area contributed by atoms with Crippen molar-refractivity contribution in [2.24, 2.45) is 17.8 Å². The van der Waals surface area contributed by atoms with E-state index in [4.69, 9.17) is 0 Å². The van der Waals surface area contributed by atoms with Crippen LogP contribution in [0.3, 0.4) is 0 Å². The van der Waals surface area contributed by atoms with Gasteiger partial charge in [0.25, 0.3) is 0 Å². The molecule has 2 fully saturated rings. The van der Waals surface area contributed by atoms with Crippen LogP contribution in [0.1, 0.15) is 45.4 Å². The largest absolute Gasteiger partial charge is 0.343 e.